The van der Waals surface area contributed by atoms with Gasteiger partial charge in [0.2, 0.25) is 10.0 Å². The average Bonchev–Trinajstić information content (AvgIpc) is 2.42. The van der Waals surface area contributed by atoms with Gasteiger partial charge >= 0.3 is 6.09 Å². The molecule has 0 aliphatic carbocycles. The first-order valence-corrected chi connectivity index (χ1v) is 9.02. The molecular weight excluding hydrogens is 314 g/mol. The van der Waals surface area contributed by atoms with E-state index in [1.165, 1.54) is 0 Å². The predicted octanol–water partition coefficient (Wildman–Crippen LogP) is 3.24. The highest BCUT2D eigenvalue weighted by Gasteiger charge is 2.21. The fourth-order valence-corrected chi connectivity index (χ4v) is 3.12. The Morgan fingerprint density at radius 3 is 2.43 bits per heavy atom. The molecule has 0 aliphatic heterocycles. The average molecular weight is 335 g/mol. The number of hydrogen-bond donors (Lipinski definition) is 1. The van der Waals surface area contributed by atoms with Crippen LogP contribution in [0.4, 0.5) is 4.79 Å². The number of ether oxygens (including phenoxy) is 1. The van der Waals surface area contributed by atoms with E-state index in [0.717, 1.165) is 16.3 Å². The lowest BCUT2D eigenvalue weighted by atomic mass is 10.0. The molecule has 2 aromatic carbocycles. The number of rotatable bonds is 4. The van der Waals surface area contributed by atoms with E-state index in [2.05, 4.69) is 0 Å². The first-order valence-electron chi connectivity index (χ1n) is 7.36. The van der Waals surface area contributed by atoms with Crippen LogP contribution in [0.1, 0.15) is 26.3 Å². The number of aryl methyl sites for hydroxylation is 1. The fraction of sp³-hybridized carbons (Fsp3) is 0.353. The lowest BCUT2D eigenvalue weighted by molar-refractivity contribution is 0.0570. The Labute approximate surface area is 136 Å². The van der Waals surface area contributed by atoms with Gasteiger partial charge in [0.15, 0.2) is 0 Å². The molecule has 0 aliphatic rings. The summed E-state index contributed by atoms with van der Waals surface area (Å²) in [5.74, 6) is -0.180. The SMILES string of the molecule is CC(C)(C)OC(=O)NS(=O)(=O)CCc1cccc2ccccc12. The van der Waals surface area contributed by atoms with Gasteiger partial charge in [-0.15, -0.1) is 0 Å². The topological polar surface area (TPSA) is 72.5 Å². The van der Waals surface area contributed by atoms with E-state index in [1.807, 2.05) is 47.2 Å². The molecule has 0 atom stereocenters. The van der Waals surface area contributed by atoms with E-state index in [-0.39, 0.29) is 5.75 Å². The standard InChI is InChI=1S/C17H21NO4S/c1-17(2,3)22-16(19)18-23(20,21)12-11-14-9-6-8-13-7-4-5-10-15(13)14/h4-10H,11-12H2,1-3H3,(H,18,19). The van der Waals surface area contributed by atoms with Gasteiger partial charge in [0.25, 0.3) is 0 Å². The number of carbonyl (C=O) groups is 1. The van der Waals surface area contributed by atoms with Crippen molar-refractivity contribution >= 4 is 26.9 Å². The lowest BCUT2D eigenvalue weighted by Crippen LogP contribution is -2.37. The van der Waals surface area contributed by atoms with Crippen LogP contribution in [0, 0.1) is 0 Å². The molecule has 0 heterocycles. The molecule has 0 radical (unpaired) electrons. The van der Waals surface area contributed by atoms with Crippen LogP contribution in [0.15, 0.2) is 42.5 Å². The molecule has 0 saturated carbocycles. The molecule has 1 N–H and O–H groups in total. The van der Waals surface area contributed by atoms with E-state index >= 15 is 0 Å². The van der Waals surface area contributed by atoms with E-state index in [4.69, 9.17) is 4.74 Å². The zero-order chi connectivity index (χ0) is 17.1. The Morgan fingerprint density at radius 1 is 1.09 bits per heavy atom. The van der Waals surface area contributed by atoms with Gasteiger partial charge in [0, 0.05) is 0 Å². The van der Waals surface area contributed by atoms with Crippen molar-refractivity contribution in [3.8, 4) is 0 Å². The molecule has 2 aromatic rings. The van der Waals surface area contributed by atoms with Gasteiger partial charge in [-0.05, 0) is 43.5 Å². The van der Waals surface area contributed by atoms with Crippen molar-refractivity contribution in [3.05, 3.63) is 48.0 Å². The molecule has 6 heteroatoms. The van der Waals surface area contributed by atoms with Crippen LogP contribution in [0.3, 0.4) is 0 Å². The number of amides is 1. The molecule has 2 rings (SSSR count). The summed E-state index contributed by atoms with van der Waals surface area (Å²) in [5.41, 5.74) is 0.188. The van der Waals surface area contributed by atoms with E-state index in [9.17, 15) is 13.2 Å². The van der Waals surface area contributed by atoms with Crippen molar-refractivity contribution < 1.29 is 17.9 Å². The third-order valence-electron chi connectivity index (χ3n) is 3.16. The van der Waals surface area contributed by atoms with Gasteiger partial charge in [-0.3, -0.25) is 0 Å². The maximum atomic E-state index is 12.0. The zero-order valence-electron chi connectivity index (χ0n) is 13.5. The predicted molar refractivity (Wildman–Crippen MR) is 90.8 cm³/mol. The number of nitrogens with one attached hydrogen (secondary N) is 1. The second-order valence-electron chi connectivity index (χ2n) is 6.31. The molecule has 124 valence electrons. The van der Waals surface area contributed by atoms with Crippen LogP contribution in [0.2, 0.25) is 0 Å². The van der Waals surface area contributed by atoms with Crippen molar-refractivity contribution in [3.63, 3.8) is 0 Å². The maximum absolute atomic E-state index is 12.0. The molecule has 0 fully saturated rings. The van der Waals surface area contributed by atoms with E-state index in [1.54, 1.807) is 20.8 Å². The Morgan fingerprint density at radius 2 is 1.74 bits per heavy atom. The normalized spacial score (nSPS) is 12.1. The molecule has 1 amide bonds. The summed E-state index contributed by atoms with van der Waals surface area (Å²) in [6.45, 7) is 5.03. The van der Waals surface area contributed by atoms with Crippen LogP contribution in [0.5, 0.6) is 0 Å². The van der Waals surface area contributed by atoms with Crippen molar-refractivity contribution in [2.75, 3.05) is 5.75 Å². The molecule has 0 spiro atoms. The zero-order valence-corrected chi connectivity index (χ0v) is 14.3. The molecular formula is C17H21NO4S. The maximum Gasteiger partial charge on any atom is 0.421 e. The van der Waals surface area contributed by atoms with Gasteiger partial charge in [-0.1, -0.05) is 42.5 Å². The number of benzene rings is 2. The third-order valence-corrected chi connectivity index (χ3v) is 4.38. The highest BCUT2D eigenvalue weighted by atomic mass is 32.2. The summed E-state index contributed by atoms with van der Waals surface area (Å²) in [7, 11) is -3.74. The van der Waals surface area contributed by atoms with Crippen molar-refractivity contribution in [1.82, 2.24) is 4.72 Å². The largest absolute Gasteiger partial charge is 0.443 e. The van der Waals surface area contributed by atoms with Gasteiger partial charge < -0.3 is 4.74 Å². The first kappa shape index (κ1) is 17.3. The molecule has 0 saturated heterocycles. The Balaban J connectivity index is 2.05. The number of carbonyl (C=O) groups excluding carboxylic acids is 1. The Kier molecular flexibility index (Phi) is 4.94. The van der Waals surface area contributed by atoms with Crippen molar-refractivity contribution in [2.45, 2.75) is 32.8 Å². The van der Waals surface area contributed by atoms with Gasteiger partial charge in [0.05, 0.1) is 5.75 Å². The number of hydrogen-bond acceptors (Lipinski definition) is 4. The summed E-state index contributed by atoms with van der Waals surface area (Å²) >= 11 is 0. The molecule has 5 nitrogen and oxygen atoms in total. The molecule has 0 aromatic heterocycles. The number of fused-ring (bicyclic) bond motifs is 1. The Bertz CT molecular complexity index is 801. The van der Waals surface area contributed by atoms with Crippen molar-refractivity contribution in [2.24, 2.45) is 0 Å². The fourth-order valence-electron chi connectivity index (χ4n) is 2.23. The minimum Gasteiger partial charge on any atom is -0.443 e. The van der Waals surface area contributed by atoms with Crippen molar-refractivity contribution in [1.29, 1.82) is 0 Å². The second-order valence-corrected chi connectivity index (χ2v) is 8.15. The number of sulfonamides is 1. The van der Waals surface area contributed by atoms with Crippen LogP contribution in [0.25, 0.3) is 10.8 Å². The highest BCUT2D eigenvalue weighted by Crippen LogP contribution is 2.19. The van der Waals surface area contributed by atoms with E-state index < -0.39 is 21.7 Å². The van der Waals surface area contributed by atoms with Crippen LogP contribution < -0.4 is 4.72 Å². The summed E-state index contributed by atoms with van der Waals surface area (Å²) in [4.78, 5) is 11.6. The summed E-state index contributed by atoms with van der Waals surface area (Å²) in [6.07, 6.45) is -0.630. The minimum absolute atomic E-state index is 0.180. The van der Waals surface area contributed by atoms with Crippen LogP contribution >= 0.6 is 0 Å². The van der Waals surface area contributed by atoms with Gasteiger partial charge in [-0.2, -0.15) is 0 Å². The summed E-state index contributed by atoms with van der Waals surface area (Å²) in [5, 5.41) is 2.07. The lowest BCUT2D eigenvalue weighted by Gasteiger charge is -2.19. The third kappa shape index (κ3) is 5.25. The summed E-state index contributed by atoms with van der Waals surface area (Å²) < 4.78 is 31.0. The Hall–Kier alpha value is -2.08. The van der Waals surface area contributed by atoms with Crippen LogP contribution in [-0.4, -0.2) is 25.9 Å². The van der Waals surface area contributed by atoms with E-state index in [0.29, 0.717) is 6.42 Å². The van der Waals surface area contributed by atoms with Crippen LogP contribution in [-0.2, 0) is 21.2 Å². The molecule has 23 heavy (non-hydrogen) atoms. The quantitative estimate of drug-likeness (QED) is 0.931. The highest BCUT2D eigenvalue weighted by molar-refractivity contribution is 7.90. The smallest absolute Gasteiger partial charge is 0.421 e. The molecule has 0 bridgehead atoms. The first-order chi connectivity index (χ1) is 10.7. The monoisotopic (exact) mass is 335 g/mol. The van der Waals surface area contributed by atoms with Gasteiger partial charge in [0.1, 0.15) is 5.60 Å². The second kappa shape index (κ2) is 6.58. The summed E-state index contributed by atoms with van der Waals surface area (Å²) in [6, 6.07) is 13.6. The van der Waals surface area contributed by atoms with Gasteiger partial charge in [-0.25, -0.2) is 17.9 Å². The minimum atomic E-state index is -3.74. The molecule has 0 unspecified atom stereocenters.